The minimum atomic E-state index is 0.279. The average Bonchev–Trinajstić information content (AvgIpc) is 3.39. The second kappa shape index (κ2) is 6.74. The van der Waals surface area contributed by atoms with E-state index in [2.05, 4.69) is 30.8 Å². The van der Waals surface area contributed by atoms with Crippen molar-refractivity contribution in [2.45, 2.75) is 36.9 Å². The van der Waals surface area contributed by atoms with Crippen molar-refractivity contribution in [3.63, 3.8) is 0 Å². The number of carbonyl (C=O) groups is 1. The number of anilines is 1. The van der Waals surface area contributed by atoms with E-state index < -0.39 is 0 Å². The molecule has 1 aliphatic carbocycles. The highest BCUT2D eigenvalue weighted by atomic mass is 79.9. The molecule has 1 aromatic rings. The summed E-state index contributed by atoms with van der Waals surface area (Å²) in [6, 6.07) is 0.279. The van der Waals surface area contributed by atoms with Crippen molar-refractivity contribution in [3.05, 3.63) is 10.7 Å². The fraction of sp³-hybridized carbons (Fsp3) is 0.667. The van der Waals surface area contributed by atoms with Crippen LogP contribution in [0.1, 0.15) is 25.7 Å². The van der Waals surface area contributed by atoms with Crippen molar-refractivity contribution in [2.75, 3.05) is 31.3 Å². The number of hydrogen-bond acceptors (Lipinski definition) is 5. The Morgan fingerprint density at radius 1 is 1.45 bits per heavy atom. The minimum Gasteiger partial charge on any atom is -0.353 e. The summed E-state index contributed by atoms with van der Waals surface area (Å²) in [6.07, 6.45) is 8.08. The van der Waals surface area contributed by atoms with Crippen molar-refractivity contribution in [1.29, 1.82) is 0 Å². The SMILES string of the molecule is CSc1ncc(Br)c(N2CCCC(N(C)C(=O)C3CC3)C2)n1. The largest absolute Gasteiger partial charge is 0.353 e. The number of aromatic nitrogens is 2. The fourth-order valence-electron chi connectivity index (χ4n) is 2.92. The normalized spacial score (nSPS) is 21.8. The Morgan fingerprint density at radius 3 is 2.91 bits per heavy atom. The summed E-state index contributed by atoms with van der Waals surface area (Å²) in [5.41, 5.74) is 0. The quantitative estimate of drug-likeness (QED) is 0.589. The van der Waals surface area contributed by atoms with Gasteiger partial charge >= 0.3 is 0 Å². The number of nitrogens with zero attached hydrogens (tertiary/aromatic N) is 4. The Balaban J connectivity index is 1.73. The highest BCUT2D eigenvalue weighted by Crippen LogP contribution is 2.33. The van der Waals surface area contributed by atoms with Gasteiger partial charge < -0.3 is 9.80 Å². The Bertz CT molecular complexity index is 566. The molecule has 0 aromatic carbocycles. The maximum atomic E-state index is 12.3. The first kappa shape index (κ1) is 16.1. The van der Waals surface area contributed by atoms with Crippen LogP contribution in [0.25, 0.3) is 0 Å². The number of hydrogen-bond donors (Lipinski definition) is 0. The number of rotatable bonds is 4. The van der Waals surface area contributed by atoms with Crippen molar-refractivity contribution >= 4 is 39.4 Å². The van der Waals surface area contributed by atoms with Crippen molar-refractivity contribution in [1.82, 2.24) is 14.9 Å². The van der Waals surface area contributed by atoms with Gasteiger partial charge in [-0.05, 0) is 47.9 Å². The van der Waals surface area contributed by atoms with E-state index >= 15 is 0 Å². The van der Waals surface area contributed by atoms with Crippen LogP contribution in [0.2, 0.25) is 0 Å². The van der Waals surface area contributed by atoms with Gasteiger partial charge in [-0.15, -0.1) is 0 Å². The lowest BCUT2D eigenvalue weighted by molar-refractivity contribution is -0.133. The molecule has 0 bridgehead atoms. The van der Waals surface area contributed by atoms with E-state index in [-0.39, 0.29) is 12.0 Å². The van der Waals surface area contributed by atoms with Gasteiger partial charge in [0, 0.05) is 38.3 Å². The zero-order valence-electron chi connectivity index (χ0n) is 13.0. The average molecular weight is 385 g/mol. The smallest absolute Gasteiger partial charge is 0.225 e. The standard InChI is InChI=1S/C15H21BrN4OS/c1-19(14(21)10-5-6-10)11-4-3-7-20(9-11)13-12(16)8-17-15(18-13)22-2/h8,10-11H,3-7,9H2,1-2H3. The highest BCUT2D eigenvalue weighted by molar-refractivity contribution is 9.10. The first-order chi connectivity index (χ1) is 10.6. The van der Waals surface area contributed by atoms with Crippen LogP contribution in [0.15, 0.2) is 15.8 Å². The van der Waals surface area contributed by atoms with Crippen LogP contribution in [0.5, 0.6) is 0 Å². The molecule has 5 nitrogen and oxygen atoms in total. The van der Waals surface area contributed by atoms with Crippen LogP contribution < -0.4 is 4.90 Å². The van der Waals surface area contributed by atoms with E-state index in [0.29, 0.717) is 5.91 Å². The summed E-state index contributed by atoms with van der Waals surface area (Å²) in [5, 5.41) is 0.780. The third-order valence-electron chi connectivity index (χ3n) is 4.40. The summed E-state index contributed by atoms with van der Waals surface area (Å²) >= 11 is 5.10. The van der Waals surface area contributed by atoms with E-state index in [1.165, 1.54) is 0 Å². The summed E-state index contributed by atoms with van der Waals surface area (Å²) < 4.78 is 0.919. The van der Waals surface area contributed by atoms with Gasteiger partial charge in [0.25, 0.3) is 0 Å². The zero-order valence-corrected chi connectivity index (χ0v) is 15.4. The van der Waals surface area contributed by atoms with E-state index in [9.17, 15) is 4.79 Å². The first-order valence-corrected chi connectivity index (χ1v) is 9.70. The summed E-state index contributed by atoms with van der Waals surface area (Å²) in [6.45, 7) is 1.82. The maximum absolute atomic E-state index is 12.3. The molecule has 7 heteroatoms. The first-order valence-electron chi connectivity index (χ1n) is 7.68. The predicted octanol–water partition coefficient (Wildman–Crippen LogP) is 2.80. The van der Waals surface area contributed by atoms with Crippen LogP contribution in [-0.4, -0.2) is 53.2 Å². The molecule has 1 aliphatic heterocycles. The van der Waals surface area contributed by atoms with Gasteiger partial charge in [-0.2, -0.15) is 0 Å². The van der Waals surface area contributed by atoms with E-state index in [1.807, 2.05) is 24.4 Å². The number of halogens is 1. The summed E-state index contributed by atoms with van der Waals surface area (Å²) in [5.74, 6) is 1.55. The van der Waals surface area contributed by atoms with E-state index in [4.69, 9.17) is 0 Å². The topological polar surface area (TPSA) is 49.3 Å². The minimum absolute atomic E-state index is 0.279. The Hall–Kier alpha value is -0.820. The molecular weight excluding hydrogens is 364 g/mol. The number of carbonyl (C=O) groups excluding carboxylic acids is 1. The van der Waals surface area contributed by atoms with Crippen molar-refractivity contribution < 1.29 is 4.79 Å². The van der Waals surface area contributed by atoms with Crippen LogP contribution in [-0.2, 0) is 4.79 Å². The monoisotopic (exact) mass is 384 g/mol. The van der Waals surface area contributed by atoms with Gasteiger partial charge in [-0.3, -0.25) is 4.79 Å². The summed E-state index contributed by atoms with van der Waals surface area (Å²) in [7, 11) is 1.96. The van der Waals surface area contributed by atoms with Crippen LogP contribution in [0.4, 0.5) is 5.82 Å². The predicted molar refractivity (Wildman–Crippen MR) is 92.2 cm³/mol. The van der Waals surface area contributed by atoms with Gasteiger partial charge in [0.15, 0.2) is 5.16 Å². The third-order valence-corrected chi connectivity index (χ3v) is 5.53. The second-order valence-corrected chi connectivity index (χ2v) is 7.62. The molecule has 1 saturated heterocycles. The Kier molecular flexibility index (Phi) is 4.92. The maximum Gasteiger partial charge on any atom is 0.225 e. The summed E-state index contributed by atoms with van der Waals surface area (Å²) in [4.78, 5) is 25.4. The van der Waals surface area contributed by atoms with E-state index in [1.54, 1.807) is 11.8 Å². The number of amides is 1. The third kappa shape index (κ3) is 3.40. The van der Waals surface area contributed by atoms with Gasteiger partial charge in [0.05, 0.1) is 4.47 Å². The molecule has 2 heterocycles. The molecule has 0 spiro atoms. The molecule has 22 heavy (non-hydrogen) atoms. The number of piperidine rings is 1. The van der Waals surface area contributed by atoms with Crippen LogP contribution >= 0.6 is 27.7 Å². The van der Waals surface area contributed by atoms with Crippen molar-refractivity contribution in [3.8, 4) is 0 Å². The lowest BCUT2D eigenvalue weighted by atomic mass is 10.0. The molecule has 1 atom stereocenters. The highest BCUT2D eigenvalue weighted by Gasteiger charge is 2.36. The lowest BCUT2D eigenvalue weighted by Crippen LogP contribution is -2.49. The lowest BCUT2D eigenvalue weighted by Gasteiger charge is -2.38. The number of likely N-dealkylation sites (N-methyl/N-ethyl adjacent to an activating group) is 1. The van der Waals surface area contributed by atoms with Crippen molar-refractivity contribution in [2.24, 2.45) is 5.92 Å². The molecule has 2 aliphatic rings. The molecule has 1 amide bonds. The molecular formula is C15H21BrN4OS. The molecule has 2 fully saturated rings. The molecule has 0 radical (unpaired) electrons. The van der Waals surface area contributed by atoms with Gasteiger partial charge in [-0.1, -0.05) is 11.8 Å². The van der Waals surface area contributed by atoms with Crippen LogP contribution in [0.3, 0.4) is 0 Å². The second-order valence-electron chi connectivity index (χ2n) is 5.99. The molecule has 1 saturated carbocycles. The fourth-order valence-corrected chi connectivity index (χ4v) is 3.70. The molecule has 0 N–H and O–H groups in total. The molecule has 120 valence electrons. The molecule has 1 aromatic heterocycles. The van der Waals surface area contributed by atoms with Gasteiger partial charge in [-0.25, -0.2) is 9.97 Å². The van der Waals surface area contributed by atoms with Gasteiger partial charge in [0.1, 0.15) is 5.82 Å². The zero-order chi connectivity index (χ0) is 15.7. The molecule has 3 rings (SSSR count). The number of thioether (sulfide) groups is 1. The molecule has 1 unspecified atom stereocenters. The Labute approximate surface area is 144 Å². The van der Waals surface area contributed by atoms with E-state index in [0.717, 1.165) is 54.2 Å². The van der Waals surface area contributed by atoms with Gasteiger partial charge in [0.2, 0.25) is 5.91 Å². The van der Waals surface area contributed by atoms with Crippen LogP contribution in [0, 0.1) is 5.92 Å². The Morgan fingerprint density at radius 2 is 2.23 bits per heavy atom.